The van der Waals surface area contributed by atoms with Crippen LogP contribution in [-0.2, 0) is 0 Å². The maximum absolute atomic E-state index is 5.82. The maximum Gasteiger partial charge on any atom is 0.122 e. The minimum Gasteiger partial charge on any atom is -0.384 e. The Bertz CT molecular complexity index is 276. The van der Waals surface area contributed by atoms with Gasteiger partial charge in [-0.05, 0) is 26.2 Å². The molecule has 1 rings (SSSR count). The van der Waals surface area contributed by atoms with E-state index in [0.717, 1.165) is 17.9 Å². The van der Waals surface area contributed by atoms with Crippen molar-refractivity contribution in [3.05, 3.63) is 11.8 Å². The highest BCUT2D eigenvalue weighted by Crippen LogP contribution is 2.19. The average Bonchev–Trinajstić information content (AvgIpc) is 2.28. The fourth-order valence-corrected chi connectivity index (χ4v) is 1.67. The van der Waals surface area contributed by atoms with Crippen molar-refractivity contribution < 1.29 is 0 Å². The summed E-state index contributed by atoms with van der Waals surface area (Å²) in [5.74, 6) is 1.45. The lowest BCUT2D eigenvalue weighted by atomic mass is 10.1. The first-order valence-corrected chi connectivity index (χ1v) is 4.82. The molecular formula is C10H19N3. The Balaban J connectivity index is 2.76. The maximum atomic E-state index is 5.82. The molecule has 2 N–H and O–H groups in total. The summed E-state index contributed by atoms with van der Waals surface area (Å²) in [5.41, 5.74) is 6.81. The molecule has 1 aromatic rings. The number of nitrogens with two attached hydrogens (primary N) is 1. The van der Waals surface area contributed by atoms with Crippen LogP contribution in [0.15, 0.2) is 6.07 Å². The van der Waals surface area contributed by atoms with Crippen LogP contribution in [-0.4, -0.2) is 9.78 Å². The molecule has 0 aliphatic rings. The van der Waals surface area contributed by atoms with Crippen molar-refractivity contribution >= 4 is 5.82 Å². The third-order valence-corrected chi connectivity index (χ3v) is 2.12. The topological polar surface area (TPSA) is 43.8 Å². The molecular weight excluding hydrogens is 162 g/mol. The molecule has 13 heavy (non-hydrogen) atoms. The molecule has 0 aliphatic heterocycles. The molecule has 1 unspecified atom stereocenters. The minimum atomic E-state index is 0.397. The molecule has 1 atom stereocenters. The van der Waals surface area contributed by atoms with Gasteiger partial charge in [-0.25, -0.2) is 4.68 Å². The average molecular weight is 181 g/mol. The summed E-state index contributed by atoms with van der Waals surface area (Å²) in [6.07, 6.45) is 1.12. The molecule has 0 bridgehead atoms. The summed E-state index contributed by atoms with van der Waals surface area (Å²) in [6.45, 7) is 8.55. The summed E-state index contributed by atoms with van der Waals surface area (Å²) < 4.78 is 1.91. The monoisotopic (exact) mass is 181 g/mol. The molecule has 0 fully saturated rings. The summed E-state index contributed by atoms with van der Waals surface area (Å²) in [7, 11) is 0. The van der Waals surface area contributed by atoms with E-state index < -0.39 is 0 Å². The molecule has 74 valence electrons. The van der Waals surface area contributed by atoms with Crippen LogP contribution in [0.3, 0.4) is 0 Å². The number of aromatic nitrogens is 2. The third-order valence-electron chi connectivity index (χ3n) is 2.12. The van der Waals surface area contributed by atoms with Crippen LogP contribution in [0.25, 0.3) is 0 Å². The summed E-state index contributed by atoms with van der Waals surface area (Å²) in [6, 6.07) is 2.31. The highest BCUT2D eigenvalue weighted by molar-refractivity contribution is 5.30. The summed E-state index contributed by atoms with van der Waals surface area (Å²) in [5, 5.41) is 4.35. The number of hydrogen-bond donors (Lipinski definition) is 1. The van der Waals surface area contributed by atoms with Crippen LogP contribution < -0.4 is 5.73 Å². The van der Waals surface area contributed by atoms with E-state index in [0.29, 0.717) is 12.0 Å². The van der Waals surface area contributed by atoms with Gasteiger partial charge < -0.3 is 5.73 Å². The molecule has 3 heteroatoms. The van der Waals surface area contributed by atoms with Gasteiger partial charge >= 0.3 is 0 Å². The lowest BCUT2D eigenvalue weighted by molar-refractivity contribution is 0.401. The number of nitrogens with zero attached hydrogens (tertiary/aromatic N) is 2. The van der Waals surface area contributed by atoms with Gasteiger partial charge in [0.15, 0.2) is 0 Å². The smallest absolute Gasteiger partial charge is 0.122 e. The van der Waals surface area contributed by atoms with E-state index in [1.807, 2.05) is 17.7 Å². The van der Waals surface area contributed by atoms with E-state index in [9.17, 15) is 0 Å². The molecule has 3 nitrogen and oxygen atoms in total. The van der Waals surface area contributed by atoms with Crippen molar-refractivity contribution in [2.24, 2.45) is 5.92 Å². The van der Waals surface area contributed by atoms with Crippen LogP contribution >= 0.6 is 0 Å². The third kappa shape index (κ3) is 2.47. The quantitative estimate of drug-likeness (QED) is 0.778. The van der Waals surface area contributed by atoms with Crippen molar-refractivity contribution in [3.8, 4) is 0 Å². The Kier molecular flexibility index (Phi) is 2.96. The second-order valence-electron chi connectivity index (χ2n) is 4.13. The van der Waals surface area contributed by atoms with Gasteiger partial charge in [0.05, 0.1) is 11.7 Å². The van der Waals surface area contributed by atoms with Crippen molar-refractivity contribution in [1.82, 2.24) is 9.78 Å². The van der Waals surface area contributed by atoms with Gasteiger partial charge in [-0.2, -0.15) is 5.10 Å². The Morgan fingerprint density at radius 3 is 2.46 bits per heavy atom. The van der Waals surface area contributed by atoms with Gasteiger partial charge in [0.2, 0.25) is 0 Å². The zero-order valence-electron chi connectivity index (χ0n) is 8.91. The fraction of sp³-hybridized carbons (Fsp3) is 0.700. The minimum absolute atomic E-state index is 0.397. The van der Waals surface area contributed by atoms with E-state index >= 15 is 0 Å². The summed E-state index contributed by atoms with van der Waals surface area (Å²) >= 11 is 0. The second kappa shape index (κ2) is 3.81. The van der Waals surface area contributed by atoms with Gasteiger partial charge in [0.25, 0.3) is 0 Å². The largest absolute Gasteiger partial charge is 0.384 e. The first-order valence-electron chi connectivity index (χ1n) is 4.82. The Morgan fingerprint density at radius 1 is 1.46 bits per heavy atom. The van der Waals surface area contributed by atoms with Gasteiger partial charge in [-0.15, -0.1) is 0 Å². The lowest BCUT2D eigenvalue weighted by Crippen LogP contribution is -2.12. The molecule has 0 saturated heterocycles. The SMILES string of the molecule is Cc1cc(N)n(C(C)CC(C)C)n1. The van der Waals surface area contributed by atoms with Crippen LogP contribution in [0.2, 0.25) is 0 Å². The van der Waals surface area contributed by atoms with Crippen molar-refractivity contribution in [1.29, 1.82) is 0 Å². The second-order valence-corrected chi connectivity index (χ2v) is 4.13. The number of nitrogen functional groups attached to an aromatic ring is 1. The van der Waals surface area contributed by atoms with Crippen molar-refractivity contribution in [3.63, 3.8) is 0 Å². The van der Waals surface area contributed by atoms with E-state index in [1.165, 1.54) is 0 Å². The fourth-order valence-electron chi connectivity index (χ4n) is 1.67. The molecule has 0 saturated carbocycles. The van der Waals surface area contributed by atoms with Crippen LogP contribution in [0.4, 0.5) is 5.82 Å². The first kappa shape index (κ1) is 10.1. The predicted molar refractivity (Wildman–Crippen MR) is 55.5 cm³/mol. The predicted octanol–water partition coefficient (Wildman–Crippen LogP) is 2.38. The Labute approximate surface area is 79.9 Å². The normalized spacial score (nSPS) is 13.6. The van der Waals surface area contributed by atoms with Crippen LogP contribution in [0.5, 0.6) is 0 Å². The van der Waals surface area contributed by atoms with Crippen LogP contribution in [0.1, 0.15) is 38.9 Å². The van der Waals surface area contributed by atoms with E-state index in [2.05, 4.69) is 25.9 Å². The molecule has 0 radical (unpaired) electrons. The summed E-state index contributed by atoms with van der Waals surface area (Å²) in [4.78, 5) is 0. The molecule has 0 aromatic carbocycles. The zero-order valence-corrected chi connectivity index (χ0v) is 8.91. The molecule has 0 spiro atoms. The van der Waals surface area contributed by atoms with Gasteiger partial charge in [-0.3, -0.25) is 0 Å². The number of rotatable bonds is 3. The van der Waals surface area contributed by atoms with Crippen molar-refractivity contribution in [2.45, 2.75) is 40.2 Å². The zero-order chi connectivity index (χ0) is 10.0. The van der Waals surface area contributed by atoms with Gasteiger partial charge in [0.1, 0.15) is 5.82 Å². The standard InChI is InChI=1S/C10H19N3/c1-7(2)5-9(4)13-10(11)6-8(3)12-13/h6-7,9H,5,11H2,1-4H3. The van der Waals surface area contributed by atoms with Crippen LogP contribution in [0, 0.1) is 12.8 Å². The molecule has 1 aromatic heterocycles. The lowest BCUT2D eigenvalue weighted by Gasteiger charge is -2.15. The van der Waals surface area contributed by atoms with E-state index in [1.54, 1.807) is 0 Å². The molecule has 0 amide bonds. The van der Waals surface area contributed by atoms with Gasteiger partial charge in [0, 0.05) is 6.07 Å². The van der Waals surface area contributed by atoms with E-state index in [4.69, 9.17) is 5.73 Å². The highest BCUT2D eigenvalue weighted by Gasteiger charge is 2.10. The van der Waals surface area contributed by atoms with Crippen molar-refractivity contribution in [2.75, 3.05) is 5.73 Å². The van der Waals surface area contributed by atoms with E-state index in [-0.39, 0.29) is 0 Å². The molecule has 0 aliphatic carbocycles. The number of aryl methyl sites for hydroxylation is 1. The van der Waals surface area contributed by atoms with Gasteiger partial charge in [-0.1, -0.05) is 13.8 Å². The number of hydrogen-bond acceptors (Lipinski definition) is 2. The Hall–Kier alpha value is -0.990. The Morgan fingerprint density at radius 2 is 2.08 bits per heavy atom. The molecule has 1 heterocycles. The highest BCUT2D eigenvalue weighted by atomic mass is 15.3. The number of anilines is 1. The first-order chi connectivity index (χ1) is 6.00.